The van der Waals surface area contributed by atoms with Crippen molar-refractivity contribution in [1.82, 2.24) is 14.4 Å². The van der Waals surface area contributed by atoms with E-state index in [2.05, 4.69) is 15.1 Å². The first kappa shape index (κ1) is 19.6. The average molecular weight is 383 g/mol. The van der Waals surface area contributed by atoms with Gasteiger partial charge in [0, 0.05) is 50.9 Å². The van der Waals surface area contributed by atoms with Gasteiger partial charge in [0.05, 0.1) is 4.92 Å². The van der Waals surface area contributed by atoms with Gasteiger partial charge in [-0.1, -0.05) is 12.1 Å². The molecule has 0 radical (unpaired) electrons. The van der Waals surface area contributed by atoms with E-state index in [4.69, 9.17) is 5.73 Å². The van der Waals surface area contributed by atoms with Crippen molar-refractivity contribution >= 4 is 17.9 Å². The number of hydrogen-bond acceptors (Lipinski definition) is 5. The summed E-state index contributed by atoms with van der Waals surface area (Å²) in [7, 11) is 3.63. The van der Waals surface area contributed by atoms with Crippen molar-refractivity contribution in [3.05, 3.63) is 58.4 Å². The summed E-state index contributed by atoms with van der Waals surface area (Å²) in [6, 6.07) is 10.8. The van der Waals surface area contributed by atoms with Crippen LogP contribution >= 0.6 is 0 Å². The van der Waals surface area contributed by atoms with Crippen LogP contribution in [0.2, 0.25) is 0 Å². The van der Waals surface area contributed by atoms with E-state index in [1.54, 1.807) is 17.0 Å². The molecule has 1 aromatic carbocycles. The van der Waals surface area contributed by atoms with Gasteiger partial charge in [-0.05, 0) is 37.6 Å². The molecule has 1 unspecified atom stereocenters. The Kier molecular flexibility index (Phi) is 6.05. The lowest BCUT2D eigenvalue weighted by Gasteiger charge is -2.22. The highest BCUT2D eigenvalue weighted by molar-refractivity contribution is 5.78. The fraction of sp³-hybridized carbons (Fsp3) is 0.368. The second-order valence-corrected chi connectivity index (χ2v) is 6.91. The van der Waals surface area contributed by atoms with E-state index in [1.807, 2.05) is 49.3 Å². The van der Waals surface area contributed by atoms with Gasteiger partial charge in [-0.3, -0.25) is 15.0 Å². The number of guanidine groups is 1. The molecule has 0 spiro atoms. The van der Waals surface area contributed by atoms with Crippen LogP contribution in [-0.4, -0.2) is 58.1 Å². The van der Waals surface area contributed by atoms with Gasteiger partial charge in [0.15, 0.2) is 0 Å². The maximum Gasteiger partial charge on any atom is 0.293 e. The Morgan fingerprint density at radius 1 is 1.36 bits per heavy atom. The van der Waals surface area contributed by atoms with Crippen LogP contribution in [0.3, 0.4) is 0 Å². The lowest BCUT2D eigenvalue weighted by atomic mass is 10.2. The Bertz CT molecular complexity index is 888. The Hall–Kier alpha value is -3.20. The van der Waals surface area contributed by atoms with Crippen molar-refractivity contribution in [1.29, 1.82) is 0 Å². The largest absolute Gasteiger partial charge is 0.368 e. The first-order chi connectivity index (χ1) is 13.5. The minimum Gasteiger partial charge on any atom is -0.368 e. The number of nitro groups is 1. The Morgan fingerprint density at radius 2 is 2.14 bits per heavy atom. The van der Waals surface area contributed by atoms with Crippen molar-refractivity contribution in [2.24, 2.45) is 15.9 Å². The van der Waals surface area contributed by atoms with Crippen molar-refractivity contribution in [2.45, 2.75) is 25.4 Å². The third kappa shape index (κ3) is 4.37. The Morgan fingerprint density at radius 3 is 2.89 bits per heavy atom. The number of aromatic nitrogens is 1. The van der Waals surface area contributed by atoms with Crippen LogP contribution in [0, 0.1) is 10.1 Å². The van der Waals surface area contributed by atoms with Crippen molar-refractivity contribution in [3.8, 4) is 5.69 Å². The van der Waals surface area contributed by atoms with Gasteiger partial charge in [-0.15, -0.1) is 5.10 Å². The minimum absolute atomic E-state index is 0.0907. The molecular formula is C19H25N7O2. The normalized spacial score (nSPS) is 18.1. The van der Waals surface area contributed by atoms with Gasteiger partial charge >= 0.3 is 0 Å². The lowest BCUT2D eigenvalue weighted by Crippen LogP contribution is -2.31. The van der Waals surface area contributed by atoms with E-state index < -0.39 is 0 Å². The first-order valence-electron chi connectivity index (χ1n) is 9.15. The number of nitrogens with zero attached hydrogens (tertiary/aromatic N) is 6. The molecule has 0 aliphatic carbocycles. The molecule has 9 nitrogen and oxygen atoms in total. The molecule has 1 aliphatic rings. The van der Waals surface area contributed by atoms with Crippen molar-refractivity contribution < 1.29 is 4.92 Å². The summed E-state index contributed by atoms with van der Waals surface area (Å²) < 4.78 is 1.88. The highest BCUT2D eigenvalue weighted by atomic mass is 16.6. The van der Waals surface area contributed by atoms with E-state index in [9.17, 15) is 10.1 Å². The molecule has 0 bridgehead atoms. The Balaban J connectivity index is 1.78. The number of para-hydroxylation sites is 2. The van der Waals surface area contributed by atoms with Crippen LogP contribution in [0.5, 0.6) is 0 Å². The van der Waals surface area contributed by atoms with Crippen LogP contribution in [-0.2, 0) is 6.54 Å². The standard InChI is InChI=1S/C19H25N7O2/c1-23(2)19(20)22-21-13-15-7-5-11-24(15)14-16-8-6-12-25(16)17-9-3-4-10-18(17)26(27)28/h3-4,6,8-10,12-13,15H,5,7,11,14H2,1-2H3,(H2,20,22)/b21-13+. The highest BCUT2D eigenvalue weighted by Gasteiger charge is 2.25. The van der Waals surface area contributed by atoms with Gasteiger partial charge in [0.1, 0.15) is 5.69 Å². The van der Waals surface area contributed by atoms with Gasteiger partial charge < -0.3 is 15.2 Å². The number of nitro benzene ring substituents is 1. The van der Waals surface area contributed by atoms with Crippen LogP contribution in [0.15, 0.2) is 52.8 Å². The molecule has 2 N–H and O–H groups in total. The van der Waals surface area contributed by atoms with Crippen molar-refractivity contribution in [2.75, 3.05) is 20.6 Å². The zero-order valence-electron chi connectivity index (χ0n) is 16.1. The quantitative estimate of drug-likeness (QED) is 0.356. The van der Waals surface area contributed by atoms with E-state index in [0.29, 0.717) is 18.2 Å². The summed E-state index contributed by atoms with van der Waals surface area (Å²) in [4.78, 5) is 15.0. The van der Waals surface area contributed by atoms with Crippen molar-refractivity contribution in [3.63, 3.8) is 0 Å². The van der Waals surface area contributed by atoms with E-state index >= 15 is 0 Å². The smallest absolute Gasteiger partial charge is 0.293 e. The topological polar surface area (TPSA) is 105 Å². The maximum absolute atomic E-state index is 11.4. The molecule has 1 aliphatic heterocycles. The fourth-order valence-electron chi connectivity index (χ4n) is 3.29. The zero-order chi connectivity index (χ0) is 20.1. The Labute approximate surface area is 163 Å². The molecule has 1 atom stereocenters. The second-order valence-electron chi connectivity index (χ2n) is 6.91. The van der Waals surface area contributed by atoms with Gasteiger partial charge in [-0.25, -0.2) is 0 Å². The lowest BCUT2D eigenvalue weighted by molar-refractivity contribution is -0.384. The predicted molar refractivity (Wildman–Crippen MR) is 110 cm³/mol. The summed E-state index contributed by atoms with van der Waals surface area (Å²) in [6.07, 6.45) is 5.74. The van der Waals surface area contributed by atoms with Crippen LogP contribution in [0.1, 0.15) is 18.5 Å². The second kappa shape index (κ2) is 8.66. The van der Waals surface area contributed by atoms with Gasteiger partial charge in [0.2, 0.25) is 5.96 Å². The molecule has 1 saturated heterocycles. The van der Waals surface area contributed by atoms with E-state index in [-0.39, 0.29) is 16.7 Å². The summed E-state index contributed by atoms with van der Waals surface area (Å²) >= 11 is 0. The third-order valence-electron chi connectivity index (χ3n) is 4.81. The summed E-state index contributed by atoms with van der Waals surface area (Å²) in [5.41, 5.74) is 7.41. The van der Waals surface area contributed by atoms with E-state index in [0.717, 1.165) is 25.1 Å². The molecule has 2 heterocycles. The van der Waals surface area contributed by atoms with Gasteiger partial charge in [-0.2, -0.15) is 5.10 Å². The number of benzene rings is 1. The number of hydrogen-bond donors (Lipinski definition) is 1. The molecule has 9 heteroatoms. The average Bonchev–Trinajstić information content (AvgIpc) is 3.31. The third-order valence-corrected chi connectivity index (χ3v) is 4.81. The molecule has 148 valence electrons. The molecule has 0 amide bonds. The molecular weight excluding hydrogens is 358 g/mol. The minimum atomic E-state index is -0.350. The molecule has 0 saturated carbocycles. The SMILES string of the molecule is CN(C)/C(N)=N/N=C/C1CCCN1Cc1cccn1-c1ccccc1[N+](=O)[O-]. The van der Waals surface area contributed by atoms with Crippen LogP contribution < -0.4 is 5.73 Å². The van der Waals surface area contributed by atoms with Crippen LogP contribution in [0.4, 0.5) is 5.69 Å². The number of nitrogens with two attached hydrogens (primary N) is 1. The summed E-state index contributed by atoms with van der Waals surface area (Å²) in [6.45, 7) is 1.61. The van der Waals surface area contributed by atoms with Crippen LogP contribution in [0.25, 0.3) is 5.69 Å². The van der Waals surface area contributed by atoms with E-state index in [1.165, 1.54) is 6.07 Å². The molecule has 2 aromatic rings. The monoisotopic (exact) mass is 383 g/mol. The molecule has 3 rings (SSSR count). The summed E-state index contributed by atoms with van der Waals surface area (Å²) in [5, 5.41) is 19.5. The predicted octanol–water partition coefficient (Wildman–Crippen LogP) is 2.21. The molecule has 1 aromatic heterocycles. The highest BCUT2D eigenvalue weighted by Crippen LogP contribution is 2.26. The maximum atomic E-state index is 11.4. The molecule has 28 heavy (non-hydrogen) atoms. The molecule has 1 fully saturated rings. The number of likely N-dealkylation sites (tertiary alicyclic amines) is 1. The fourth-order valence-corrected chi connectivity index (χ4v) is 3.29. The van der Waals surface area contributed by atoms with Gasteiger partial charge in [0.25, 0.3) is 5.69 Å². The summed E-state index contributed by atoms with van der Waals surface area (Å²) in [5.74, 6) is 0.353. The number of rotatable bonds is 6. The zero-order valence-corrected chi connectivity index (χ0v) is 16.1. The first-order valence-corrected chi connectivity index (χ1v) is 9.15.